The Balaban J connectivity index is -0.0000000647. The SMILES string of the molecule is CC.CC.CC.CC.CC(N)c1ccccc1.CC(N=S)c1ccccc1.[B].[B]. The van der Waals surface area contributed by atoms with Gasteiger partial charge < -0.3 is 5.73 Å². The first-order valence-corrected chi connectivity index (χ1v) is 10.7. The van der Waals surface area contributed by atoms with Crippen molar-refractivity contribution in [2.75, 3.05) is 0 Å². The van der Waals surface area contributed by atoms with E-state index in [1.807, 2.05) is 130 Å². The van der Waals surface area contributed by atoms with Crippen molar-refractivity contribution in [1.29, 1.82) is 0 Å². The van der Waals surface area contributed by atoms with Crippen LogP contribution in [0.25, 0.3) is 0 Å². The van der Waals surface area contributed by atoms with Gasteiger partial charge in [-0.25, -0.2) is 4.36 Å². The molecule has 0 aliphatic rings. The van der Waals surface area contributed by atoms with E-state index < -0.39 is 0 Å². The van der Waals surface area contributed by atoms with E-state index in [1.54, 1.807) is 0 Å². The van der Waals surface area contributed by atoms with E-state index in [4.69, 9.17) is 5.73 Å². The lowest BCUT2D eigenvalue weighted by molar-refractivity contribution is 0.818. The molecule has 0 bridgehead atoms. The number of hydrogen-bond acceptors (Lipinski definition) is 3. The highest BCUT2D eigenvalue weighted by Crippen LogP contribution is 2.14. The van der Waals surface area contributed by atoms with Crippen LogP contribution in [-0.4, -0.2) is 16.8 Å². The van der Waals surface area contributed by atoms with Gasteiger partial charge in [-0.2, -0.15) is 0 Å². The van der Waals surface area contributed by atoms with Gasteiger partial charge in [0.15, 0.2) is 0 Å². The van der Waals surface area contributed by atoms with E-state index in [-0.39, 0.29) is 28.9 Å². The average Bonchev–Trinajstić information content (AvgIpc) is 2.80. The van der Waals surface area contributed by atoms with Crippen LogP contribution in [0.3, 0.4) is 0 Å². The molecule has 162 valence electrons. The first-order valence-electron chi connectivity index (χ1n) is 10.3. The average molecular weight is 414 g/mol. The Morgan fingerprint density at radius 1 is 0.621 bits per heavy atom. The van der Waals surface area contributed by atoms with Crippen LogP contribution in [0.2, 0.25) is 0 Å². The number of nitrogens with zero attached hydrogens (tertiary/aromatic N) is 1. The first kappa shape index (κ1) is 41.8. The van der Waals surface area contributed by atoms with Gasteiger partial charge in [0.1, 0.15) is 0 Å². The lowest BCUT2D eigenvalue weighted by atomic mass is 10.1. The summed E-state index contributed by atoms with van der Waals surface area (Å²) in [5.41, 5.74) is 7.98. The maximum Gasteiger partial charge on any atom is 0.0852 e. The van der Waals surface area contributed by atoms with E-state index >= 15 is 0 Å². The zero-order valence-electron chi connectivity index (χ0n) is 20.5. The molecule has 0 heterocycles. The van der Waals surface area contributed by atoms with E-state index in [9.17, 15) is 0 Å². The molecule has 0 saturated carbocycles. The van der Waals surface area contributed by atoms with Gasteiger partial charge in [-0.3, -0.25) is 0 Å². The molecule has 2 unspecified atom stereocenters. The Kier molecular flexibility index (Phi) is 53.8. The van der Waals surface area contributed by atoms with Crippen molar-refractivity contribution in [3.63, 3.8) is 0 Å². The summed E-state index contributed by atoms with van der Waals surface area (Å²) >= 11 is 4.58. The number of rotatable bonds is 3. The number of benzene rings is 2. The van der Waals surface area contributed by atoms with E-state index in [2.05, 4.69) is 16.8 Å². The Morgan fingerprint density at radius 2 is 0.897 bits per heavy atom. The molecule has 2 atom stereocenters. The van der Waals surface area contributed by atoms with E-state index in [0.29, 0.717) is 0 Å². The largest absolute Gasteiger partial charge is 0.324 e. The maximum atomic E-state index is 5.61. The molecule has 6 radical (unpaired) electrons. The lowest BCUT2D eigenvalue weighted by Gasteiger charge is -2.02. The molecule has 5 heteroatoms. The molecule has 0 amide bonds. The van der Waals surface area contributed by atoms with Gasteiger partial charge in [0.2, 0.25) is 0 Å². The molecular formula is C24H44B2N2S. The molecule has 2 rings (SSSR count). The van der Waals surface area contributed by atoms with Crippen LogP contribution < -0.4 is 5.73 Å². The van der Waals surface area contributed by atoms with Crippen LogP contribution in [0.1, 0.15) is 92.4 Å². The highest BCUT2D eigenvalue weighted by atomic mass is 32.1. The van der Waals surface area contributed by atoms with Crippen LogP contribution in [0.4, 0.5) is 0 Å². The molecule has 2 aromatic rings. The molecular weight excluding hydrogens is 370 g/mol. The highest BCUT2D eigenvalue weighted by molar-refractivity contribution is 7.47. The Hall–Kier alpha value is -1.45. The minimum atomic E-state index is 0. The Labute approximate surface area is 192 Å². The lowest BCUT2D eigenvalue weighted by Crippen LogP contribution is -2.03. The van der Waals surface area contributed by atoms with E-state index in [0.717, 1.165) is 0 Å². The molecule has 0 fully saturated rings. The van der Waals surface area contributed by atoms with Crippen LogP contribution in [-0.2, 0) is 12.4 Å². The minimum absolute atomic E-state index is 0. The van der Waals surface area contributed by atoms with Crippen molar-refractivity contribution >= 4 is 29.3 Å². The monoisotopic (exact) mass is 414 g/mol. The summed E-state index contributed by atoms with van der Waals surface area (Å²) in [6.07, 6.45) is 0. The van der Waals surface area contributed by atoms with Crippen molar-refractivity contribution < 1.29 is 0 Å². The second-order valence-corrected chi connectivity index (χ2v) is 4.60. The normalized spacial score (nSPS) is 9.21. The molecule has 2 nitrogen and oxygen atoms in total. The molecule has 29 heavy (non-hydrogen) atoms. The summed E-state index contributed by atoms with van der Waals surface area (Å²) in [4.78, 5) is 0. The third-order valence-electron chi connectivity index (χ3n) is 2.77. The molecule has 0 saturated heterocycles. The van der Waals surface area contributed by atoms with Gasteiger partial charge >= 0.3 is 0 Å². The fraction of sp³-hybridized carbons (Fsp3) is 0.500. The molecule has 0 aliphatic heterocycles. The van der Waals surface area contributed by atoms with Crippen molar-refractivity contribution in [2.45, 2.75) is 81.3 Å². The summed E-state index contributed by atoms with van der Waals surface area (Å²) in [6.45, 7) is 20.0. The predicted octanol–water partition coefficient (Wildman–Crippen LogP) is 7.53. The molecule has 0 spiro atoms. The van der Waals surface area contributed by atoms with Crippen molar-refractivity contribution in [2.24, 2.45) is 10.1 Å². The molecule has 2 aromatic carbocycles. The Morgan fingerprint density at radius 3 is 1.10 bits per heavy atom. The van der Waals surface area contributed by atoms with Crippen LogP contribution in [0, 0.1) is 0 Å². The molecule has 0 aromatic heterocycles. The van der Waals surface area contributed by atoms with Gasteiger partial charge in [-0.15, -0.1) is 0 Å². The molecule has 2 N–H and O–H groups in total. The Bertz CT molecular complexity index is 481. The van der Waals surface area contributed by atoms with Gasteiger partial charge in [-0.1, -0.05) is 116 Å². The summed E-state index contributed by atoms with van der Waals surface area (Å²) in [6, 6.07) is 20.4. The summed E-state index contributed by atoms with van der Waals surface area (Å²) in [5.74, 6) is 0. The van der Waals surface area contributed by atoms with Gasteiger partial charge in [0.25, 0.3) is 0 Å². The smallest absolute Gasteiger partial charge is 0.0852 e. The van der Waals surface area contributed by atoms with E-state index in [1.165, 1.54) is 11.1 Å². The third-order valence-corrected chi connectivity index (χ3v) is 3.08. The van der Waals surface area contributed by atoms with Gasteiger partial charge in [-0.05, 0) is 25.0 Å². The van der Waals surface area contributed by atoms with Gasteiger partial charge in [0.05, 0.1) is 6.04 Å². The second-order valence-electron chi connectivity index (χ2n) is 4.39. The fourth-order valence-corrected chi connectivity index (χ4v) is 1.67. The summed E-state index contributed by atoms with van der Waals surface area (Å²) in [7, 11) is 0. The third kappa shape index (κ3) is 26.5. The highest BCUT2D eigenvalue weighted by Gasteiger charge is 1.98. The number of nitrogens with two attached hydrogens (primary N) is 1. The summed E-state index contributed by atoms with van der Waals surface area (Å²) < 4.78 is 3.74. The quantitative estimate of drug-likeness (QED) is 0.527. The summed E-state index contributed by atoms with van der Waals surface area (Å²) in [5, 5.41) is 0. The zero-order chi connectivity index (χ0) is 22.1. The van der Waals surface area contributed by atoms with Crippen LogP contribution in [0.5, 0.6) is 0 Å². The number of hydrogen-bond donors (Lipinski definition) is 1. The van der Waals surface area contributed by atoms with Crippen LogP contribution >= 0.6 is 0 Å². The fourth-order valence-electron chi connectivity index (χ4n) is 1.55. The van der Waals surface area contributed by atoms with Crippen molar-refractivity contribution in [3.8, 4) is 0 Å². The standard InChI is InChI=1S/C8H9NS.C8H11N.4C2H6.2B/c1-7(9-10)8-5-3-2-4-6-8;1-7(9)8-5-3-2-4-6-8;4*1-2;;/h2-7H,1H3;2-7H,9H2,1H3;4*1-2H3;;. The second kappa shape index (κ2) is 37.3. The predicted molar refractivity (Wildman–Crippen MR) is 141 cm³/mol. The minimum Gasteiger partial charge on any atom is -0.324 e. The van der Waals surface area contributed by atoms with Crippen molar-refractivity contribution in [1.82, 2.24) is 0 Å². The topological polar surface area (TPSA) is 38.4 Å². The maximum absolute atomic E-state index is 5.61. The van der Waals surface area contributed by atoms with Crippen LogP contribution in [0.15, 0.2) is 65.0 Å². The zero-order valence-corrected chi connectivity index (χ0v) is 21.3. The first-order chi connectivity index (χ1) is 13.1. The van der Waals surface area contributed by atoms with Crippen molar-refractivity contribution in [3.05, 3.63) is 71.8 Å². The van der Waals surface area contributed by atoms with Gasteiger partial charge in [0, 0.05) is 35.3 Å². The molecule has 0 aliphatic carbocycles.